The minimum atomic E-state index is -3.94. The molecular formula is C15H15O5P. The highest BCUT2D eigenvalue weighted by Crippen LogP contribution is 2.49. The number of benzene rings is 2. The van der Waals surface area contributed by atoms with Crippen LogP contribution in [0.25, 0.3) is 0 Å². The van der Waals surface area contributed by atoms with E-state index in [2.05, 4.69) is 0 Å². The topological polar surface area (TPSA) is 61.8 Å². The molecule has 0 radical (unpaired) electrons. The molecule has 2 aromatic rings. The molecule has 0 unspecified atom stereocenters. The molecule has 0 aromatic heterocycles. The number of para-hydroxylation sites is 2. The van der Waals surface area contributed by atoms with Crippen LogP contribution in [0.3, 0.4) is 0 Å². The van der Waals surface area contributed by atoms with Crippen LogP contribution in [0.2, 0.25) is 0 Å². The van der Waals surface area contributed by atoms with Crippen molar-refractivity contribution in [1.29, 1.82) is 0 Å². The van der Waals surface area contributed by atoms with Crippen molar-refractivity contribution >= 4 is 13.6 Å². The van der Waals surface area contributed by atoms with Crippen LogP contribution in [0.4, 0.5) is 0 Å². The van der Waals surface area contributed by atoms with Gasteiger partial charge in [-0.1, -0.05) is 36.4 Å². The molecule has 0 N–H and O–H groups in total. The normalized spacial score (nSPS) is 10.9. The van der Waals surface area contributed by atoms with Crippen molar-refractivity contribution in [2.45, 2.75) is 6.92 Å². The molecular weight excluding hydrogens is 291 g/mol. The number of hydrogen-bond acceptors (Lipinski definition) is 5. The highest BCUT2D eigenvalue weighted by molar-refractivity contribution is 7.49. The number of carbonyl (C=O) groups excluding carboxylic acids is 1. The Morgan fingerprint density at radius 1 is 0.905 bits per heavy atom. The van der Waals surface area contributed by atoms with Gasteiger partial charge in [-0.05, 0) is 31.2 Å². The van der Waals surface area contributed by atoms with Gasteiger partial charge < -0.3 is 9.05 Å². The maximum Gasteiger partial charge on any atom is 0.587 e. The Morgan fingerprint density at radius 3 is 1.71 bits per heavy atom. The number of phosphoric ester groups is 1. The molecule has 0 amide bonds. The van der Waals surface area contributed by atoms with Gasteiger partial charge in [-0.15, -0.1) is 0 Å². The van der Waals surface area contributed by atoms with Gasteiger partial charge in [0.25, 0.3) is 0 Å². The molecule has 0 saturated carbocycles. The molecule has 6 heteroatoms. The van der Waals surface area contributed by atoms with Crippen LogP contribution in [0.5, 0.6) is 11.5 Å². The van der Waals surface area contributed by atoms with Crippen molar-refractivity contribution < 1.29 is 22.9 Å². The SMILES string of the molecule is CC(=O)COP(=O)(Oc1ccccc1)Oc1ccccc1. The second kappa shape index (κ2) is 7.07. The van der Waals surface area contributed by atoms with Gasteiger partial charge in [-0.2, -0.15) is 0 Å². The lowest BCUT2D eigenvalue weighted by Gasteiger charge is -2.18. The first-order valence-electron chi connectivity index (χ1n) is 6.31. The fraction of sp³-hybridized carbons (Fsp3) is 0.133. The van der Waals surface area contributed by atoms with E-state index in [4.69, 9.17) is 13.6 Å². The summed E-state index contributed by atoms with van der Waals surface area (Å²) < 4.78 is 28.3. The molecule has 5 nitrogen and oxygen atoms in total. The third kappa shape index (κ3) is 5.06. The Hall–Kier alpha value is -2.10. The maximum atomic E-state index is 12.6. The Bertz CT molecular complexity index is 582. The van der Waals surface area contributed by atoms with E-state index in [1.807, 2.05) is 0 Å². The summed E-state index contributed by atoms with van der Waals surface area (Å²) in [5.41, 5.74) is 0. The lowest BCUT2D eigenvalue weighted by atomic mass is 10.3. The van der Waals surface area contributed by atoms with Crippen molar-refractivity contribution in [3.05, 3.63) is 60.7 Å². The fourth-order valence-electron chi connectivity index (χ4n) is 1.46. The molecule has 2 aromatic carbocycles. The molecule has 0 atom stereocenters. The first-order valence-corrected chi connectivity index (χ1v) is 7.77. The molecule has 2 rings (SSSR count). The van der Waals surface area contributed by atoms with E-state index in [0.29, 0.717) is 11.5 Å². The van der Waals surface area contributed by atoms with Crippen molar-refractivity contribution in [1.82, 2.24) is 0 Å². The average molecular weight is 306 g/mol. The van der Waals surface area contributed by atoms with E-state index in [1.54, 1.807) is 60.7 Å². The smallest absolute Gasteiger partial charge is 0.395 e. The maximum absolute atomic E-state index is 12.6. The third-order valence-electron chi connectivity index (χ3n) is 2.35. The summed E-state index contributed by atoms with van der Waals surface area (Å²) in [6.07, 6.45) is 0. The molecule has 0 aliphatic carbocycles. The van der Waals surface area contributed by atoms with Crippen molar-refractivity contribution in [3.63, 3.8) is 0 Å². The molecule has 21 heavy (non-hydrogen) atoms. The van der Waals surface area contributed by atoms with Crippen molar-refractivity contribution in [3.8, 4) is 11.5 Å². The molecule has 0 spiro atoms. The number of hydrogen-bond donors (Lipinski definition) is 0. The summed E-state index contributed by atoms with van der Waals surface area (Å²) >= 11 is 0. The first kappa shape index (κ1) is 15.3. The lowest BCUT2D eigenvalue weighted by molar-refractivity contribution is -0.119. The minimum Gasteiger partial charge on any atom is -0.395 e. The Balaban J connectivity index is 2.17. The van der Waals surface area contributed by atoms with E-state index < -0.39 is 7.82 Å². The number of ketones is 1. The second-order valence-corrected chi connectivity index (χ2v) is 5.75. The Labute approximate surface area is 123 Å². The quantitative estimate of drug-likeness (QED) is 0.727. The Kier molecular flexibility index (Phi) is 5.14. The summed E-state index contributed by atoms with van der Waals surface area (Å²) in [6, 6.07) is 17.0. The molecule has 0 heterocycles. The van der Waals surface area contributed by atoms with Gasteiger partial charge in [0.15, 0.2) is 5.78 Å². The number of Topliss-reactive ketones (excluding diaryl/α,β-unsaturated/α-hetero) is 1. The van der Waals surface area contributed by atoms with Crippen LogP contribution in [0.15, 0.2) is 60.7 Å². The highest BCUT2D eigenvalue weighted by Gasteiger charge is 2.31. The van der Waals surface area contributed by atoms with Crippen LogP contribution in [-0.4, -0.2) is 12.4 Å². The summed E-state index contributed by atoms with van der Waals surface area (Å²) in [5.74, 6) is 0.393. The fourth-order valence-corrected chi connectivity index (χ4v) is 2.70. The van der Waals surface area contributed by atoms with Crippen LogP contribution in [0.1, 0.15) is 6.92 Å². The summed E-state index contributed by atoms with van der Waals surface area (Å²) in [5, 5.41) is 0. The zero-order valence-electron chi connectivity index (χ0n) is 11.5. The molecule has 0 saturated heterocycles. The Morgan fingerprint density at radius 2 is 1.33 bits per heavy atom. The molecule has 0 aliphatic heterocycles. The van der Waals surface area contributed by atoms with Crippen molar-refractivity contribution in [2.75, 3.05) is 6.61 Å². The first-order chi connectivity index (χ1) is 10.1. The second-order valence-electron chi connectivity index (χ2n) is 4.23. The van der Waals surface area contributed by atoms with E-state index in [-0.39, 0.29) is 12.4 Å². The van der Waals surface area contributed by atoms with E-state index >= 15 is 0 Å². The third-order valence-corrected chi connectivity index (χ3v) is 3.66. The zero-order valence-corrected chi connectivity index (χ0v) is 12.4. The lowest BCUT2D eigenvalue weighted by Crippen LogP contribution is -2.10. The van der Waals surface area contributed by atoms with Crippen LogP contribution >= 0.6 is 7.82 Å². The molecule has 110 valence electrons. The number of rotatable bonds is 7. The largest absolute Gasteiger partial charge is 0.587 e. The highest BCUT2D eigenvalue weighted by atomic mass is 31.2. The van der Waals surface area contributed by atoms with E-state index in [9.17, 15) is 9.36 Å². The van der Waals surface area contributed by atoms with Gasteiger partial charge in [0.1, 0.15) is 18.1 Å². The van der Waals surface area contributed by atoms with Gasteiger partial charge in [0.2, 0.25) is 0 Å². The standard InChI is InChI=1S/C15H15O5P/c1-13(16)12-18-21(17,19-14-8-4-2-5-9-14)20-15-10-6-3-7-11-15/h2-11H,12H2,1H3. The molecule has 0 aliphatic rings. The predicted octanol–water partition coefficient (Wildman–Crippen LogP) is 3.86. The minimum absolute atomic E-state index is 0.274. The van der Waals surface area contributed by atoms with Gasteiger partial charge in [-0.25, -0.2) is 4.57 Å². The monoisotopic (exact) mass is 306 g/mol. The zero-order chi connectivity index (χ0) is 15.1. The molecule has 0 fully saturated rings. The van der Waals surface area contributed by atoms with Crippen LogP contribution in [0, 0.1) is 0 Å². The predicted molar refractivity (Wildman–Crippen MR) is 78.4 cm³/mol. The summed E-state index contributed by atoms with van der Waals surface area (Å²) in [4.78, 5) is 11.0. The summed E-state index contributed by atoms with van der Waals surface area (Å²) in [6.45, 7) is 0.978. The van der Waals surface area contributed by atoms with Crippen LogP contribution < -0.4 is 9.05 Å². The molecule has 0 bridgehead atoms. The number of phosphoric acid groups is 1. The van der Waals surface area contributed by atoms with Gasteiger partial charge in [0.05, 0.1) is 0 Å². The number of carbonyl (C=O) groups is 1. The van der Waals surface area contributed by atoms with E-state index in [0.717, 1.165) is 0 Å². The van der Waals surface area contributed by atoms with Crippen molar-refractivity contribution in [2.24, 2.45) is 0 Å². The van der Waals surface area contributed by atoms with Gasteiger partial charge in [-0.3, -0.25) is 9.32 Å². The van der Waals surface area contributed by atoms with E-state index in [1.165, 1.54) is 6.92 Å². The van der Waals surface area contributed by atoms with Crippen LogP contribution in [-0.2, 0) is 13.9 Å². The summed E-state index contributed by atoms with van der Waals surface area (Å²) in [7, 11) is -3.94. The van der Waals surface area contributed by atoms with Gasteiger partial charge in [0, 0.05) is 0 Å². The average Bonchev–Trinajstić information content (AvgIpc) is 2.47. The van der Waals surface area contributed by atoms with Gasteiger partial charge >= 0.3 is 7.82 Å².